The number of likely N-dealkylation sites (tertiary alicyclic amines) is 1. The second-order valence-corrected chi connectivity index (χ2v) is 8.28. The van der Waals surface area contributed by atoms with Crippen LogP contribution in [0.25, 0.3) is 0 Å². The molecule has 2 aromatic rings. The molecule has 8 nitrogen and oxygen atoms in total. The van der Waals surface area contributed by atoms with Crippen LogP contribution in [-0.2, 0) is 11.2 Å². The molecule has 1 atom stereocenters. The van der Waals surface area contributed by atoms with Gasteiger partial charge in [0.2, 0.25) is 11.8 Å². The Morgan fingerprint density at radius 3 is 2.70 bits per heavy atom. The van der Waals surface area contributed by atoms with Crippen molar-refractivity contribution in [2.75, 3.05) is 25.0 Å². The number of carbonyl (C=O) groups is 2. The van der Waals surface area contributed by atoms with E-state index >= 15 is 0 Å². The third kappa shape index (κ3) is 5.17. The van der Waals surface area contributed by atoms with E-state index in [0.29, 0.717) is 37.8 Å². The summed E-state index contributed by atoms with van der Waals surface area (Å²) in [6, 6.07) is 5.73. The van der Waals surface area contributed by atoms with Crippen LogP contribution >= 0.6 is 0 Å². The van der Waals surface area contributed by atoms with Gasteiger partial charge in [0, 0.05) is 44.6 Å². The van der Waals surface area contributed by atoms with E-state index < -0.39 is 0 Å². The largest absolute Gasteiger partial charge is 0.339 e. The number of urea groups is 1. The molecule has 2 heterocycles. The summed E-state index contributed by atoms with van der Waals surface area (Å²) < 4.78 is 5.24. The topological polar surface area (TPSA) is 91.6 Å². The molecule has 3 rings (SSSR count). The molecule has 0 spiro atoms. The Kier molecular flexibility index (Phi) is 6.74. The zero-order chi connectivity index (χ0) is 21.8. The van der Waals surface area contributed by atoms with Crippen LogP contribution in [0, 0.1) is 13.8 Å². The number of hydrogen-bond acceptors (Lipinski definition) is 5. The Morgan fingerprint density at radius 2 is 2.07 bits per heavy atom. The van der Waals surface area contributed by atoms with E-state index in [4.69, 9.17) is 4.52 Å². The van der Waals surface area contributed by atoms with Gasteiger partial charge in [-0.05, 0) is 43.5 Å². The molecular formula is C22H31N5O3. The molecule has 3 amide bonds. The summed E-state index contributed by atoms with van der Waals surface area (Å²) in [5.74, 6) is 1.38. The smallest absolute Gasteiger partial charge is 0.321 e. The Labute approximate surface area is 177 Å². The third-order valence-corrected chi connectivity index (χ3v) is 5.61. The van der Waals surface area contributed by atoms with Gasteiger partial charge in [-0.15, -0.1) is 0 Å². The van der Waals surface area contributed by atoms with Crippen LogP contribution in [0.1, 0.15) is 56.0 Å². The highest BCUT2D eigenvalue weighted by Crippen LogP contribution is 2.20. The van der Waals surface area contributed by atoms with Crippen molar-refractivity contribution in [3.8, 4) is 0 Å². The van der Waals surface area contributed by atoms with Crippen molar-refractivity contribution in [1.29, 1.82) is 0 Å². The molecule has 8 heteroatoms. The number of anilines is 1. The van der Waals surface area contributed by atoms with Gasteiger partial charge in [-0.25, -0.2) is 4.79 Å². The number of nitrogens with one attached hydrogen (secondary N) is 1. The lowest BCUT2D eigenvalue weighted by atomic mass is 10.1. The fourth-order valence-corrected chi connectivity index (χ4v) is 3.62. The first-order valence-electron chi connectivity index (χ1n) is 10.5. The normalized spacial score (nSPS) is 16.2. The average Bonchev–Trinajstić information content (AvgIpc) is 3.35. The summed E-state index contributed by atoms with van der Waals surface area (Å²) in [5, 5.41) is 6.96. The van der Waals surface area contributed by atoms with E-state index in [2.05, 4.69) is 15.5 Å². The quantitative estimate of drug-likeness (QED) is 0.782. The highest BCUT2D eigenvalue weighted by Gasteiger charge is 2.32. The molecule has 162 valence electrons. The lowest BCUT2D eigenvalue weighted by Crippen LogP contribution is -2.43. The third-order valence-electron chi connectivity index (χ3n) is 5.61. The first kappa shape index (κ1) is 21.8. The standard InChI is InChI=1S/C22H31N5O3/c1-14(2)21-24-20(25-30-21)9-11-27(17(5)28)19-8-10-26(13-19)22(29)23-18-7-6-15(3)16(4)12-18/h6-7,12,14,19H,8-11,13H2,1-5H3,(H,23,29). The van der Waals surface area contributed by atoms with Gasteiger partial charge in [-0.1, -0.05) is 25.1 Å². The fraction of sp³-hybridized carbons (Fsp3) is 0.545. The summed E-state index contributed by atoms with van der Waals surface area (Å²) in [5.41, 5.74) is 3.11. The van der Waals surface area contributed by atoms with E-state index in [0.717, 1.165) is 17.7 Å². The van der Waals surface area contributed by atoms with Gasteiger partial charge in [0.1, 0.15) is 0 Å². The number of aromatic nitrogens is 2. The second kappa shape index (κ2) is 9.28. The molecule has 0 radical (unpaired) electrons. The fourth-order valence-electron chi connectivity index (χ4n) is 3.62. The minimum Gasteiger partial charge on any atom is -0.339 e. The first-order valence-corrected chi connectivity index (χ1v) is 10.5. The minimum atomic E-state index is -0.135. The Balaban J connectivity index is 1.57. The van der Waals surface area contributed by atoms with E-state index in [1.165, 1.54) is 5.56 Å². The van der Waals surface area contributed by atoms with Crippen LogP contribution in [0.2, 0.25) is 0 Å². The molecule has 1 N–H and O–H groups in total. The van der Waals surface area contributed by atoms with Crippen molar-refractivity contribution in [2.45, 2.75) is 59.4 Å². The van der Waals surface area contributed by atoms with E-state index in [1.54, 1.807) is 11.8 Å². The molecule has 0 aliphatic carbocycles. The first-order chi connectivity index (χ1) is 14.2. The van der Waals surface area contributed by atoms with Crippen molar-refractivity contribution in [2.24, 2.45) is 0 Å². The van der Waals surface area contributed by atoms with Crippen LogP contribution in [0.15, 0.2) is 22.7 Å². The Bertz CT molecular complexity index is 908. The van der Waals surface area contributed by atoms with Gasteiger partial charge in [-0.2, -0.15) is 4.98 Å². The summed E-state index contributed by atoms with van der Waals surface area (Å²) >= 11 is 0. The zero-order valence-electron chi connectivity index (χ0n) is 18.4. The van der Waals surface area contributed by atoms with Gasteiger partial charge in [0.05, 0.1) is 6.04 Å². The van der Waals surface area contributed by atoms with Gasteiger partial charge >= 0.3 is 6.03 Å². The molecule has 0 bridgehead atoms. The number of nitrogens with zero attached hydrogens (tertiary/aromatic N) is 4. The predicted molar refractivity (Wildman–Crippen MR) is 114 cm³/mol. The Hall–Kier alpha value is -2.90. The van der Waals surface area contributed by atoms with Crippen LogP contribution in [0.3, 0.4) is 0 Å². The summed E-state index contributed by atoms with van der Waals surface area (Å²) in [4.78, 5) is 32.9. The predicted octanol–water partition coefficient (Wildman–Crippen LogP) is 3.51. The molecule has 30 heavy (non-hydrogen) atoms. The van der Waals surface area contributed by atoms with E-state index in [1.807, 2.05) is 50.8 Å². The number of rotatable bonds is 6. The lowest BCUT2D eigenvalue weighted by Gasteiger charge is -2.27. The summed E-state index contributed by atoms with van der Waals surface area (Å²) in [6.07, 6.45) is 1.28. The number of benzene rings is 1. The second-order valence-electron chi connectivity index (χ2n) is 8.28. The highest BCUT2D eigenvalue weighted by atomic mass is 16.5. The van der Waals surface area contributed by atoms with E-state index in [9.17, 15) is 9.59 Å². The molecule has 1 fully saturated rings. The molecule has 1 aliphatic rings. The van der Waals surface area contributed by atoms with Gasteiger partial charge < -0.3 is 19.6 Å². The summed E-state index contributed by atoms with van der Waals surface area (Å²) in [7, 11) is 0. The van der Waals surface area contributed by atoms with Crippen LogP contribution < -0.4 is 5.32 Å². The van der Waals surface area contributed by atoms with Crippen molar-refractivity contribution >= 4 is 17.6 Å². The highest BCUT2D eigenvalue weighted by molar-refractivity contribution is 5.89. The van der Waals surface area contributed by atoms with Crippen molar-refractivity contribution in [3.05, 3.63) is 41.0 Å². The molecule has 1 aromatic carbocycles. The van der Waals surface area contributed by atoms with Crippen LogP contribution in [-0.4, -0.2) is 57.6 Å². The maximum absolute atomic E-state index is 12.7. The van der Waals surface area contributed by atoms with Gasteiger partial charge in [0.15, 0.2) is 5.82 Å². The molecule has 1 aliphatic heterocycles. The molecule has 1 saturated heterocycles. The molecule has 0 saturated carbocycles. The van der Waals surface area contributed by atoms with Gasteiger partial charge in [-0.3, -0.25) is 4.79 Å². The SMILES string of the molecule is CC(=O)N(CCc1noc(C(C)C)n1)C1CCN(C(=O)Nc2ccc(C)c(C)c2)C1. The van der Waals surface area contributed by atoms with E-state index in [-0.39, 0.29) is 23.9 Å². The average molecular weight is 414 g/mol. The van der Waals surface area contributed by atoms with Crippen molar-refractivity contribution < 1.29 is 14.1 Å². The zero-order valence-corrected chi connectivity index (χ0v) is 18.4. The molecule has 1 aromatic heterocycles. The Morgan fingerprint density at radius 1 is 1.30 bits per heavy atom. The number of carbonyl (C=O) groups excluding carboxylic acids is 2. The maximum atomic E-state index is 12.7. The lowest BCUT2D eigenvalue weighted by molar-refractivity contribution is -0.130. The number of aryl methyl sites for hydroxylation is 2. The van der Waals surface area contributed by atoms with Crippen molar-refractivity contribution in [3.63, 3.8) is 0 Å². The maximum Gasteiger partial charge on any atom is 0.321 e. The number of hydrogen-bond donors (Lipinski definition) is 1. The monoisotopic (exact) mass is 413 g/mol. The van der Waals surface area contributed by atoms with Crippen LogP contribution in [0.4, 0.5) is 10.5 Å². The number of amides is 3. The summed E-state index contributed by atoms with van der Waals surface area (Å²) in [6.45, 7) is 11.3. The van der Waals surface area contributed by atoms with Crippen molar-refractivity contribution in [1.82, 2.24) is 19.9 Å². The van der Waals surface area contributed by atoms with Gasteiger partial charge in [0.25, 0.3) is 0 Å². The van der Waals surface area contributed by atoms with Crippen LogP contribution in [0.5, 0.6) is 0 Å². The molecular weight excluding hydrogens is 382 g/mol. The molecule has 1 unspecified atom stereocenters. The minimum absolute atomic E-state index is 0.00975.